The number of aliphatic imine (C=N–C) groups is 1. The standard InChI is InChI=1S/C9H12ClNOS.C2H6/c1-7(10)11-9(13-2)8-3-5-12-6-4-8;1-2/h3H,1,4-6H2,2H3;1-2H3/b11-9-;. The highest BCUT2D eigenvalue weighted by atomic mass is 35.5. The quantitative estimate of drug-likeness (QED) is 0.420. The summed E-state index contributed by atoms with van der Waals surface area (Å²) in [7, 11) is 0. The Hall–Kier alpha value is -0.250. The van der Waals surface area contributed by atoms with Crippen LogP contribution < -0.4 is 0 Å². The maximum atomic E-state index is 5.62. The largest absolute Gasteiger partial charge is 0.377 e. The van der Waals surface area contributed by atoms with Crippen molar-refractivity contribution in [1.82, 2.24) is 0 Å². The molecule has 0 atom stereocenters. The van der Waals surface area contributed by atoms with E-state index in [-0.39, 0.29) is 0 Å². The van der Waals surface area contributed by atoms with Gasteiger partial charge in [0.05, 0.1) is 13.2 Å². The van der Waals surface area contributed by atoms with Gasteiger partial charge in [0.2, 0.25) is 0 Å². The molecule has 0 aromatic carbocycles. The Kier molecular flexibility index (Phi) is 8.86. The third kappa shape index (κ3) is 6.03. The molecule has 0 aliphatic carbocycles. The average molecular weight is 248 g/mol. The van der Waals surface area contributed by atoms with Crippen molar-refractivity contribution in [1.29, 1.82) is 0 Å². The highest BCUT2D eigenvalue weighted by molar-refractivity contribution is 8.13. The molecule has 2 nitrogen and oxygen atoms in total. The van der Waals surface area contributed by atoms with Crippen LogP contribution in [0.1, 0.15) is 20.3 Å². The first-order valence-electron chi connectivity index (χ1n) is 4.98. The molecule has 0 spiro atoms. The van der Waals surface area contributed by atoms with E-state index in [1.165, 1.54) is 5.57 Å². The minimum absolute atomic E-state index is 0.330. The van der Waals surface area contributed by atoms with Crippen LogP contribution in [0.15, 0.2) is 28.4 Å². The van der Waals surface area contributed by atoms with E-state index in [0.29, 0.717) is 11.8 Å². The zero-order valence-corrected chi connectivity index (χ0v) is 11.1. The van der Waals surface area contributed by atoms with E-state index in [0.717, 1.165) is 18.1 Å². The van der Waals surface area contributed by atoms with Crippen LogP contribution in [0.2, 0.25) is 0 Å². The molecule has 1 rings (SSSR count). The highest BCUT2D eigenvalue weighted by Gasteiger charge is 2.09. The van der Waals surface area contributed by atoms with Crippen molar-refractivity contribution in [3.05, 3.63) is 23.4 Å². The normalized spacial score (nSPS) is 16.3. The van der Waals surface area contributed by atoms with Crippen LogP contribution in [-0.2, 0) is 4.74 Å². The minimum Gasteiger partial charge on any atom is -0.377 e. The van der Waals surface area contributed by atoms with Gasteiger partial charge in [-0.25, -0.2) is 4.99 Å². The Morgan fingerprint density at radius 1 is 1.60 bits per heavy atom. The van der Waals surface area contributed by atoms with Crippen LogP contribution in [0.5, 0.6) is 0 Å². The molecule has 86 valence electrons. The SMILES string of the molecule is C=C(Cl)/N=C(\SC)C1=CCOCC1.CC. The van der Waals surface area contributed by atoms with Gasteiger partial charge in [0.15, 0.2) is 0 Å². The van der Waals surface area contributed by atoms with Crippen LogP contribution in [-0.4, -0.2) is 24.5 Å². The van der Waals surface area contributed by atoms with Crippen molar-refractivity contribution in [2.75, 3.05) is 19.5 Å². The molecule has 0 bridgehead atoms. The smallest absolute Gasteiger partial charge is 0.123 e. The van der Waals surface area contributed by atoms with Gasteiger partial charge < -0.3 is 4.74 Å². The summed E-state index contributed by atoms with van der Waals surface area (Å²) in [6.07, 6.45) is 4.93. The van der Waals surface area contributed by atoms with E-state index in [2.05, 4.69) is 11.6 Å². The fourth-order valence-electron chi connectivity index (χ4n) is 1.08. The molecule has 0 amide bonds. The van der Waals surface area contributed by atoms with Gasteiger partial charge in [0.25, 0.3) is 0 Å². The number of nitrogens with zero attached hydrogens (tertiary/aromatic N) is 1. The van der Waals surface area contributed by atoms with Crippen LogP contribution >= 0.6 is 23.4 Å². The molecule has 0 N–H and O–H groups in total. The van der Waals surface area contributed by atoms with Crippen LogP contribution in [0.25, 0.3) is 0 Å². The molecular weight excluding hydrogens is 230 g/mol. The monoisotopic (exact) mass is 247 g/mol. The lowest BCUT2D eigenvalue weighted by molar-refractivity contribution is 0.156. The molecule has 4 heteroatoms. The zero-order valence-electron chi connectivity index (χ0n) is 9.55. The molecule has 0 unspecified atom stereocenters. The molecule has 0 fully saturated rings. The third-order valence-corrected chi connectivity index (χ3v) is 2.48. The summed E-state index contributed by atoms with van der Waals surface area (Å²) in [5, 5.41) is 1.28. The number of thioether (sulfide) groups is 1. The number of hydrogen-bond acceptors (Lipinski definition) is 3. The van der Waals surface area contributed by atoms with E-state index < -0.39 is 0 Å². The average Bonchev–Trinajstić information content (AvgIpc) is 2.29. The number of ether oxygens (including phenoxy) is 1. The van der Waals surface area contributed by atoms with Gasteiger partial charge in [-0.05, 0) is 18.2 Å². The number of halogens is 1. The number of rotatable bonds is 2. The second kappa shape index (κ2) is 9.01. The first-order chi connectivity index (χ1) is 7.24. The topological polar surface area (TPSA) is 21.6 Å². The van der Waals surface area contributed by atoms with Crippen molar-refractivity contribution < 1.29 is 4.74 Å². The van der Waals surface area contributed by atoms with E-state index in [1.807, 2.05) is 26.2 Å². The van der Waals surface area contributed by atoms with Crippen molar-refractivity contribution in [2.24, 2.45) is 4.99 Å². The van der Waals surface area contributed by atoms with Crippen molar-refractivity contribution >= 4 is 28.4 Å². The van der Waals surface area contributed by atoms with E-state index in [4.69, 9.17) is 16.3 Å². The lowest BCUT2D eigenvalue weighted by Gasteiger charge is -2.13. The van der Waals surface area contributed by atoms with Gasteiger partial charge in [-0.1, -0.05) is 38.1 Å². The lowest BCUT2D eigenvalue weighted by Crippen LogP contribution is -2.09. The Morgan fingerprint density at radius 3 is 2.67 bits per heavy atom. The molecule has 1 heterocycles. The predicted octanol–water partition coefficient (Wildman–Crippen LogP) is 3.83. The Labute approximate surface area is 101 Å². The van der Waals surface area contributed by atoms with Gasteiger partial charge in [-0.3, -0.25) is 0 Å². The second-order valence-corrected chi connectivity index (χ2v) is 3.78. The van der Waals surface area contributed by atoms with Gasteiger partial charge in [0, 0.05) is 0 Å². The molecule has 0 aromatic heterocycles. The number of hydrogen-bond donors (Lipinski definition) is 0. The lowest BCUT2D eigenvalue weighted by atomic mass is 10.2. The molecule has 15 heavy (non-hydrogen) atoms. The Balaban J connectivity index is 0.000000921. The fourth-order valence-corrected chi connectivity index (χ4v) is 1.86. The molecule has 0 saturated carbocycles. The highest BCUT2D eigenvalue weighted by Crippen LogP contribution is 2.18. The summed E-state index contributed by atoms with van der Waals surface area (Å²) in [6.45, 7) is 8.98. The predicted molar refractivity (Wildman–Crippen MR) is 70.8 cm³/mol. The van der Waals surface area contributed by atoms with Crippen LogP contribution in [0, 0.1) is 0 Å². The van der Waals surface area contributed by atoms with Gasteiger partial charge in [0.1, 0.15) is 10.2 Å². The zero-order chi connectivity index (χ0) is 11.7. The van der Waals surface area contributed by atoms with Gasteiger partial charge >= 0.3 is 0 Å². The summed E-state index contributed by atoms with van der Waals surface area (Å²) < 4.78 is 5.20. The van der Waals surface area contributed by atoms with Gasteiger partial charge in [-0.15, -0.1) is 11.8 Å². The van der Waals surface area contributed by atoms with Gasteiger partial charge in [-0.2, -0.15) is 0 Å². The van der Waals surface area contributed by atoms with Crippen LogP contribution in [0.4, 0.5) is 0 Å². The molecule has 0 radical (unpaired) electrons. The molecular formula is C11H18ClNOS. The summed E-state index contributed by atoms with van der Waals surface area (Å²) in [5.41, 5.74) is 1.21. The molecule has 0 saturated heterocycles. The third-order valence-electron chi connectivity index (χ3n) is 1.65. The summed E-state index contributed by atoms with van der Waals surface area (Å²) in [6, 6.07) is 0. The maximum Gasteiger partial charge on any atom is 0.123 e. The second-order valence-electron chi connectivity index (χ2n) is 2.55. The summed E-state index contributed by atoms with van der Waals surface area (Å²) in [4.78, 5) is 4.15. The molecule has 0 aromatic rings. The Bertz CT molecular complexity index is 261. The van der Waals surface area contributed by atoms with Crippen molar-refractivity contribution in [2.45, 2.75) is 20.3 Å². The van der Waals surface area contributed by atoms with E-state index >= 15 is 0 Å². The van der Waals surface area contributed by atoms with Crippen molar-refractivity contribution in [3.63, 3.8) is 0 Å². The fraction of sp³-hybridized carbons (Fsp3) is 0.545. The molecule has 1 aliphatic rings. The van der Waals surface area contributed by atoms with E-state index in [1.54, 1.807) is 11.8 Å². The van der Waals surface area contributed by atoms with E-state index in [9.17, 15) is 0 Å². The summed E-state index contributed by atoms with van der Waals surface area (Å²) >= 11 is 7.20. The molecule has 1 aliphatic heterocycles. The summed E-state index contributed by atoms with van der Waals surface area (Å²) in [5.74, 6) is 0. The Morgan fingerprint density at radius 2 is 2.27 bits per heavy atom. The minimum atomic E-state index is 0.330. The first-order valence-corrected chi connectivity index (χ1v) is 6.58. The van der Waals surface area contributed by atoms with Crippen LogP contribution in [0.3, 0.4) is 0 Å². The maximum absolute atomic E-state index is 5.62. The first kappa shape index (κ1) is 14.8. The van der Waals surface area contributed by atoms with Crippen molar-refractivity contribution in [3.8, 4) is 0 Å².